The molecular formula is C25H23N5O4. The fourth-order valence-corrected chi connectivity index (χ4v) is 3.24. The molecule has 0 fully saturated rings. The molecule has 4 aromatic rings. The van der Waals surface area contributed by atoms with Crippen LogP contribution in [0.15, 0.2) is 65.6 Å². The molecule has 0 aliphatic heterocycles. The second kappa shape index (κ2) is 10.6. The first-order valence-electron chi connectivity index (χ1n) is 10.7. The topological polar surface area (TPSA) is 126 Å². The van der Waals surface area contributed by atoms with E-state index < -0.39 is 6.10 Å². The van der Waals surface area contributed by atoms with Crippen LogP contribution in [-0.4, -0.2) is 49.0 Å². The summed E-state index contributed by atoms with van der Waals surface area (Å²) in [5.41, 5.74) is 3.35. The van der Waals surface area contributed by atoms with Crippen molar-refractivity contribution in [3.63, 3.8) is 0 Å². The van der Waals surface area contributed by atoms with Crippen molar-refractivity contribution in [3.8, 4) is 23.2 Å². The van der Waals surface area contributed by atoms with Crippen LogP contribution in [0.1, 0.15) is 46.2 Å². The molecule has 0 aliphatic rings. The third-order valence-electron chi connectivity index (χ3n) is 4.93. The summed E-state index contributed by atoms with van der Waals surface area (Å²) in [7, 11) is 0. The summed E-state index contributed by atoms with van der Waals surface area (Å²) in [6.45, 7) is 2.18. The smallest absolute Gasteiger partial charge is 0.269 e. The lowest BCUT2D eigenvalue weighted by Gasteiger charge is -2.07. The first-order chi connectivity index (χ1) is 16.5. The number of rotatable bonds is 7. The summed E-state index contributed by atoms with van der Waals surface area (Å²) in [5, 5.41) is 25.2. The normalized spacial score (nSPS) is 11.5. The molecule has 3 aromatic heterocycles. The Balaban J connectivity index is 1.40. The maximum atomic E-state index is 11.8. The number of imidazole rings is 1. The molecule has 34 heavy (non-hydrogen) atoms. The Labute approximate surface area is 196 Å². The van der Waals surface area contributed by atoms with Crippen molar-refractivity contribution in [2.75, 3.05) is 13.2 Å². The molecule has 9 heteroatoms. The standard InChI is InChI=1S/C25H23N5O4/c1-17(32)24-26-10-12-30(24)16-21-14-23(34-29-21)20-7-4-18(5-8-20)2-3-19-6-9-22(28-15-19)25(33)27-11-13-31/h4-10,12,14-15,17,31-32H,11,13,16H2,1H3,(H,27,33). The average Bonchev–Trinajstić information content (AvgIpc) is 3.52. The molecule has 0 bridgehead atoms. The van der Waals surface area contributed by atoms with E-state index in [1.807, 2.05) is 34.9 Å². The summed E-state index contributed by atoms with van der Waals surface area (Å²) < 4.78 is 7.31. The highest BCUT2D eigenvalue weighted by molar-refractivity contribution is 5.92. The van der Waals surface area contributed by atoms with Gasteiger partial charge in [-0.25, -0.2) is 9.97 Å². The molecule has 0 radical (unpaired) electrons. The Morgan fingerprint density at radius 1 is 1.15 bits per heavy atom. The van der Waals surface area contributed by atoms with Crippen LogP contribution in [0, 0.1) is 11.8 Å². The first kappa shape index (κ1) is 22.9. The van der Waals surface area contributed by atoms with Gasteiger partial charge < -0.3 is 24.6 Å². The number of hydrogen-bond acceptors (Lipinski definition) is 7. The molecule has 4 rings (SSSR count). The second-order valence-corrected chi connectivity index (χ2v) is 7.51. The van der Waals surface area contributed by atoms with Crippen LogP contribution in [0.2, 0.25) is 0 Å². The lowest BCUT2D eigenvalue weighted by atomic mass is 10.1. The van der Waals surface area contributed by atoms with Crippen molar-refractivity contribution < 1.29 is 19.5 Å². The summed E-state index contributed by atoms with van der Waals surface area (Å²) in [4.78, 5) is 20.1. The fourth-order valence-electron chi connectivity index (χ4n) is 3.24. The molecule has 1 amide bonds. The maximum absolute atomic E-state index is 11.8. The van der Waals surface area contributed by atoms with E-state index in [9.17, 15) is 9.90 Å². The van der Waals surface area contributed by atoms with Crippen LogP contribution in [0.25, 0.3) is 11.3 Å². The summed E-state index contributed by atoms with van der Waals surface area (Å²) in [6.07, 6.45) is 4.30. The average molecular weight is 457 g/mol. The van der Waals surface area contributed by atoms with Crippen LogP contribution in [0.3, 0.4) is 0 Å². The zero-order valence-electron chi connectivity index (χ0n) is 18.5. The number of aliphatic hydroxyl groups is 2. The van der Waals surface area contributed by atoms with E-state index in [-0.39, 0.29) is 24.8 Å². The van der Waals surface area contributed by atoms with Crippen LogP contribution in [-0.2, 0) is 6.54 Å². The zero-order valence-corrected chi connectivity index (χ0v) is 18.5. The van der Waals surface area contributed by atoms with Gasteiger partial charge in [0.1, 0.15) is 23.3 Å². The summed E-state index contributed by atoms with van der Waals surface area (Å²) >= 11 is 0. The van der Waals surface area contributed by atoms with E-state index >= 15 is 0 Å². The lowest BCUT2D eigenvalue weighted by molar-refractivity contribution is 0.0940. The van der Waals surface area contributed by atoms with Gasteiger partial charge in [0.25, 0.3) is 5.91 Å². The minimum Gasteiger partial charge on any atom is -0.395 e. The highest BCUT2D eigenvalue weighted by atomic mass is 16.5. The van der Waals surface area contributed by atoms with Crippen molar-refractivity contribution in [2.45, 2.75) is 19.6 Å². The second-order valence-electron chi connectivity index (χ2n) is 7.51. The van der Waals surface area contributed by atoms with E-state index in [1.54, 1.807) is 31.5 Å². The Morgan fingerprint density at radius 2 is 1.91 bits per heavy atom. The number of amides is 1. The van der Waals surface area contributed by atoms with Crippen LogP contribution in [0.5, 0.6) is 0 Å². The molecule has 1 atom stereocenters. The van der Waals surface area contributed by atoms with Crippen molar-refractivity contribution >= 4 is 5.91 Å². The van der Waals surface area contributed by atoms with Gasteiger partial charge in [-0.3, -0.25) is 4.79 Å². The Morgan fingerprint density at radius 3 is 2.62 bits per heavy atom. The molecule has 3 N–H and O–H groups in total. The number of nitrogens with one attached hydrogen (secondary N) is 1. The third-order valence-corrected chi connectivity index (χ3v) is 4.93. The molecule has 0 saturated carbocycles. The minimum absolute atomic E-state index is 0.123. The van der Waals surface area contributed by atoms with Gasteiger partial charge in [-0.1, -0.05) is 17.0 Å². The number of pyridine rings is 1. The van der Waals surface area contributed by atoms with E-state index in [0.717, 1.165) is 16.8 Å². The molecule has 0 aliphatic carbocycles. The molecule has 9 nitrogen and oxygen atoms in total. The van der Waals surface area contributed by atoms with Gasteiger partial charge in [0.05, 0.1) is 13.2 Å². The van der Waals surface area contributed by atoms with Gasteiger partial charge in [0, 0.05) is 47.9 Å². The van der Waals surface area contributed by atoms with Gasteiger partial charge >= 0.3 is 0 Å². The van der Waals surface area contributed by atoms with Gasteiger partial charge in [-0.2, -0.15) is 0 Å². The molecule has 0 saturated heterocycles. The number of hydrogen-bond donors (Lipinski definition) is 3. The molecule has 1 aromatic carbocycles. The predicted octanol–water partition coefficient (Wildman–Crippen LogP) is 2.16. The van der Waals surface area contributed by atoms with Crippen molar-refractivity contribution in [3.05, 3.63) is 89.4 Å². The lowest BCUT2D eigenvalue weighted by Crippen LogP contribution is -2.27. The van der Waals surface area contributed by atoms with Crippen molar-refractivity contribution in [2.24, 2.45) is 0 Å². The first-order valence-corrected chi connectivity index (χ1v) is 10.7. The molecule has 1 unspecified atom stereocenters. The van der Waals surface area contributed by atoms with Gasteiger partial charge in [-0.05, 0) is 43.3 Å². The van der Waals surface area contributed by atoms with Gasteiger partial charge in [0.2, 0.25) is 0 Å². The van der Waals surface area contributed by atoms with Crippen molar-refractivity contribution in [1.29, 1.82) is 0 Å². The third kappa shape index (κ3) is 5.56. The highest BCUT2D eigenvalue weighted by Gasteiger charge is 2.12. The molecule has 3 heterocycles. The van der Waals surface area contributed by atoms with Crippen LogP contribution < -0.4 is 5.32 Å². The van der Waals surface area contributed by atoms with Crippen molar-refractivity contribution in [1.82, 2.24) is 25.0 Å². The number of benzene rings is 1. The summed E-state index contributed by atoms with van der Waals surface area (Å²) in [5.74, 6) is 6.96. The van der Waals surface area contributed by atoms with E-state index in [1.165, 1.54) is 6.20 Å². The summed E-state index contributed by atoms with van der Waals surface area (Å²) in [6, 6.07) is 12.7. The Bertz CT molecular complexity index is 1310. The molecule has 172 valence electrons. The number of nitrogens with zero attached hydrogens (tertiary/aromatic N) is 4. The zero-order chi connectivity index (χ0) is 23.9. The fraction of sp³-hybridized carbons (Fsp3) is 0.200. The maximum Gasteiger partial charge on any atom is 0.269 e. The number of carbonyl (C=O) groups excluding carboxylic acids is 1. The molecule has 0 spiro atoms. The van der Waals surface area contributed by atoms with E-state index in [0.29, 0.717) is 23.7 Å². The minimum atomic E-state index is -0.667. The van der Waals surface area contributed by atoms with E-state index in [2.05, 4.69) is 32.3 Å². The number of aromatic nitrogens is 4. The number of aliphatic hydroxyl groups excluding tert-OH is 2. The number of carbonyl (C=O) groups is 1. The largest absolute Gasteiger partial charge is 0.395 e. The SMILES string of the molecule is CC(O)c1nccn1Cc1cc(-c2ccc(C#Cc3ccc(C(=O)NCCO)nc3)cc2)on1. The Kier molecular flexibility index (Phi) is 7.13. The predicted molar refractivity (Wildman–Crippen MR) is 124 cm³/mol. The molecular weight excluding hydrogens is 434 g/mol. The van der Waals surface area contributed by atoms with Gasteiger partial charge in [0.15, 0.2) is 5.76 Å². The van der Waals surface area contributed by atoms with Gasteiger partial charge in [-0.15, -0.1) is 0 Å². The van der Waals surface area contributed by atoms with Crippen LogP contribution >= 0.6 is 0 Å². The van der Waals surface area contributed by atoms with Crippen LogP contribution in [0.4, 0.5) is 0 Å². The quantitative estimate of drug-likeness (QED) is 0.363. The van der Waals surface area contributed by atoms with E-state index in [4.69, 9.17) is 9.63 Å². The monoisotopic (exact) mass is 457 g/mol. The Hall–Kier alpha value is -4.26. The highest BCUT2D eigenvalue weighted by Crippen LogP contribution is 2.22.